The molecule has 0 heterocycles. The molecular formula is C11H9F3O. The molecule has 80 valence electrons. The standard InChI is InChI=1S/C11H9F3O/c12-11(13,14)10(15)9-4-2-1-3-8(9)7-5-6-7/h1-4,7H,5-6H2. The van der Waals surface area contributed by atoms with Crippen LogP contribution in [0.4, 0.5) is 13.2 Å². The Hall–Kier alpha value is -1.32. The normalized spacial score (nSPS) is 16.5. The largest absolute Gasteiger partial charge is 0.454 e. The predicted molar refractivity (Wildman–Crippen MR) is 48.8 cm³/mol. The second-order valence-corrected chi connectivity index (χ2v) is 3.69. The lowest BCUT2D eigenvalue weighted by Gasteiger charge is -2.09. The van der Waals surface area contributed by atoms with E-state index in [4.69, 9.17) is 0 Å². The molecule has 0 bridgehead atoms. The van der Waals surface area contributed by atoms with Crippen LogP contribution >= 0.6 is 0 Å². The van der Waals surface area contributed by atoms with Crippen LogP contribution in [-0.4, -0.2) is 12.0 Å². The summed E-state index contributed by atoms with van der Waals surface area (Å²) in [4.78, 5) is 11.1. The number of Topliss-reactive ketones (excluding diaryl/α,β-unsaturated/α-hetero) is 1. The van der Waals surface area contributed by atoms with E-state index in [0.717, 1.165) is 12.8 Å². The minimum atomic E-state index is -4.77. The second-order valence-electron chi connectivity index (χ2n) is 3.69. The molecule has 1 aromatic rings. The number of benzene rings is 1. The summed E-state index contributed by atoms with van der Waals surface area (Å²) in [5.74, 6) is -1.59. The van der Waals surface area contributed by atoms with E-state index in [1.165, 1.54) is 12.1 Å². The Kier molecular flexibility index (Phi) is 2.29. The molecule has 1 nitrogen and oxygen atoms in total. The van der Waals surface area contributed by atoms with Gasteiger partial charge in [0.05, 0.1) is 0 Å². The molecule has 0 aliphatic heterocycles. The van der Waals surface area contributed by atoms with E-state index in [1.54, 1.807) is 12.1 Å². The average Bonchev–Trinajstić information content (AvgIpc) is 2.98. The number of hydrogen-bond donors (Lipinski definition) is 0. The van der Waals surface area contributed by atoms with E-state index in [9.17, 15) is 18.0 Å². The highest BCUT2D eigenvalue weighted by molar-refractivity contribution is 6.01. The molecule has 15 heavy (non-hydrogen) atoms. The first-order valence-electron chi connectivity index (χ1n) is 4.70. The molecule has 0 spiro atoms. The molecule has 0 radical (unpaired) electrons. The van der Waals surface area contributed by atoms with E-state index < -0.39 is 12.0 Å². The zero-order valence-corrected chi connectivity index (χ0v) is 7.84. The molecule has 1 fully saturated rings. The van der Waals surface area contributed by atoms with E-state index in [1.807, 2.05) is 0 Å². The quantitative estimate of drug-likeness (QED) is 0.690. The summed E-state index contributed by atoms with van der Waals surface area (Å²) < 4.78 is 36.7. The topological polar surface area (TPSA) is 17.1 Å². The third-order valence-corrected chi connectivity index (χ3v) is 2.48. The van der Waals surface area contributed by atoms with Gasteiger partial charge < -0.3 is 0 Å². The summed E-state index contributed by atoms with van der Waals surface area (Å²) in [5.41, 5.74) is 0.354. The molecule has 0 saturated heterocycles. The summed E-state index contributed by atoms with van der Waals surface area (Å²) in [6.45, 7) is 0. The lowest BCUT2D eigenvalue weighted by Crippen LogP contribution is -2.23. The Morgan fingerprint density at radius 3 is 2.33 bits per heavy atom. The van der Waals surface area contributed by atoms with Gasteiger partial charge in [0.2, 0.25) is 0 Å². The monoisotopic (exact) mass is 214 g/mol. The third kappa shape index (κ3) is 2.03. The summed E-state index contributed by atoms with van der Waals surface area (Å²) in [7, 11) is 0. The molecule has 0 unspecified atom stereocenters. The van der Waals surface area contributed by atoms with Gasteiger partial charge in [-0.1, -0.05) is 24.3 Å². The molecule has 0 amide bonds. The van der Waals surface area contributed by atoms with Crippen LogP contribution in [0.25, 0.3) is 0 Å². The number of carbonyl (C=O) groups excluding carboxylic acids is 1. The zero-order valence-electron chi connectivity index (χ0n) is 7.84. The van der Waals surface area contributed by atoms with Gasteiger partial charge in [-0.2, -0.15) is 13.2 Å². The van der Waals surface area contributed by atoms with Crippen LogP contribution in [0.5, 0.6) is 0 Å². The zero-order chi connectivity index (χ0) is 11.1. The SMILES string of the molecule is O=C(c1ccccc1C1CC1)C(F)(F)F. The van der Waals surface area contributed by atoms with Gasteiger partial charge >= 0.3 is 6.18 Å². The molecule has 1 saturated carbocycles. The number of alkyl halides is 3. The van der Waals surface area contributed by atoms with E-state index >= 15 is 0 Å². The lowest BCUT2D eigenvalue weighted by atomic mass is 10.00. The van der Waals surface area contributed by atoms with Crippen LogP contribution in [-0.2, 0) is 0 Å². The fourth-order valence-electron chi connectivity index (χ4n) is 1.61. The van der Waals surface area contributed by atoms with Gasteiger partial charge in [0.15, 0.2) is 0 Å². The minimum Gasteiger partial charge on any atom is -0.284 e. The fraction of sp³-hybridized carbons (Fsp3) is 0.364. The van der Waals surface area contributed by atoms with Gasteiger partial charge in [0.25, 0.3) is 5.78 Å². The highest BCUT2D eigenvalue weighted by Crippen LogP contribution is 2.42. The number of carbonyl (C=O) groups is 1. The van der Waals surface area contributed by atoms with Crippen molar-refractivity contribution < 1.29 is 18.0 Å². The van der Waals surface area contributed by atoms with E-state index in [0.29, 0.717) is 5.56 Å². The number of ketones is 1. The van der Waals surface area contributed by atoms with Crippen LogP contribution in [0.1, 0.15) is 34.7 Å². The Morgan fingerprint density at radius 2 is 1.80 bits per heavy atom. The molecule has 0 atom stereocenters. The van der Waals surface area contributed by atoms with Crippen molar-refractivity contribution in [1.82, 2.24) is 0 Å². The van der Waals surface area contributed by atoms with Crippen molar-refractivity contribution in [2.75, 3.05) is 0 Å². The van der Waals surface area contributed by atoms with Crippen LogP contribution < -0.4 is 0 Å². The first-order chi connectivity index (χ1) is 7.00. The maximum absolute atomic E-state index is 12.2. The van der Waals surface area contributed by atoms with Crippen LogP contribution in [0, 0.1) is 0 Å². The maximum Gasteiger partial charge on any atom is 0.454 e. The number of halogens is 3. The van der Waals surface area contributed by atoms with Crippen molar-refractivity contribution in [1.29, 1.82) is 0 Å². The summed E-state index contributed by atoms with van der Waals surface area (Å²) in [6.07, 6.45) is -3.02. The van der Waals surface area contributed by atoms with Crippen LogP contribution in [0.3, 0.4) is 0 Å². The first-order valence-corrected chi connectivity index (χ1v) is 4.70. The smallest absolute Gasteiger partial charge is 0.284 e. The Morgan fingerprint density at radius 1 is 1.20 bits per heavy atom. The molecule has 1 aliphatic carbocycles. The van der Waals surface area contributed by atoms with Gasteiger partial charge in [-0.05, 0) is 24.3 Å². The molecule has 1 aromatic carbocycles. The van der Waals surface area contributed by atoms with Crippen molar-refractivity contribution in [3.05, 3.63) is 35.4 Å². The molecule has 0 N–H and O–H groups in total. The minimum absolute atomic E-state index is 0.146. The number of hydrogen-bond acceptors (Lipinski definition) is 1. The summed E-state index contributed by atoms with van der Waals surface area (Å²) in [6, 6.07) is 5.99. The number of rotatable bonds is 2. The van der Waals surface area contributed by atoms with E-state index in [-0.39, 0.29) is 11.5 Å². The molecule has 4 heteroatoms. The average molecular weight is 214 g/mol. The summed E-state index contributed by atoms with van der Waals surface area (Å²) in [5, 5.41) is 0. The Balaban J connectivity index is 2.39. The molecule has 1 aliphatic rings. The van der Waals surface area contributed by atoms with Crippen LogP contribution in [0.15, 0.2) is 24.3 Å². The molecule has 0 aromatic heterocycles. The second kappa shape index (κ2) is 3.36. The van der Waals surface area contributed by atoms with Crippen molar-refractivity contribution in [3.8, 4) is 0 Å². The van der Waals surface area contributed by atoms with E-state index in [2.05, 4.69) is 0 Å². The highest BCUT2D eigenvalue weighted by atomic mass is 19.4. The Labute approximate surface area is 84.9 Å². The van der Waals surface area contributed by atoms with Gasteiger partial charge in [-0.25, -0.2) is 0 Å². The maximum atomic E-state index is 12.2. The lowest BCUT2D eigenvalue weighted by molar-refractivity contribution is -0.0885. The molecule has 2 rings (SSSR count). The third-order valence-electron chi connectivity index (χ3n) is 2.48. The van der Waals surface area contributed by atoms with Crippen molar-refractivity contribution in [2.45, 2.75) is 24.9 Å². The van der Waals surface area contributed by atoms with Crippen molar-refractivity contribution in [2.24, 2.45) is 0 Å². The van der Waals surface area contributed by atoms with Crippen molar-refractivity contribution in [3.63, 3.8) is 0 Å². The fourth-order valence-corrected chi connectivity index (χ4v) is 1.61. The first kappa shape index (κ1) is 10.2. The molecular weight excluding hydrogens is 205 g/mol. The van der Waals surface area contributed by atoms with Crippen molar-refractivity contribution >= 4 is 5.78 Å². The van der Waals surface area contributed by atoms with Gasteiger partial charge in [-0.3, -0.25) is 4.79 Å². The highest BCUT2D eigenvalue weighted by Gasteiger charge is 2.41. The van der Waals surface area contributed by atoms with Gasteiger partial charge in [0, 0.05) is 5.56 Å². The predicted octanol–water partition coefficient (Wildman–Crippen LogP) is 3.31. The van der Waals surface area contributed by atoms with Crippen LogP contribution in [0.2, 0.25) is 0 Å². The van der Waals surface area contributed by atoms with Gasteiger partial charge in [0.1, 0.15) is 0 Å². The Bertz CT molecular complexity index is 391. The van der Waals surface area contributed by atoms with Gasteiger partial charge in [-0.15, -0.1) is 0 Å². The summed E-state index contributed by atoms with van der Waals surface area (Å²) >= 11 is 0.